The predicted molar refractivity (Wildman–Crippen MR) is 106 cm³/mol. The molecular weight excluding hydrogens is 352 g/mol. The molecule has 0 radical (unpaired) electrons. The van der Waals surface area contributed by atoms with Gasteiger partial charge in [-0.2, -0.15) is 0 Å². The van der Waals surface area contributed by atoms with Crippen molar-refractivity contribution in [2.75, 3.05) is 18.0 Å². The van der Waals surface area contributed by atoms with Gasteiger partial charge in [0, 0.05) is 18.9 Å². The van der Waals surface area contributed by atoms with E-state index in [1.165, 1.54) is 28.9 Å². The first-order valence-corrected chi connectivity index (χ1v) is 10.1. The lowest BCUT2D eigenvalue weighted by atomic mass is 10.1. The maximum Gasteiger partial charge on any atom is 0.234 e. The van der Waals surface area contributed by atoms with E-state index in [0.717, 1.165) is 19.5 Å². The first kappa shape index (κ1) is 17.4. The van der Waals surface area contributed by atoms with Gasteiger partial charge >= 0.3 is 0 Å². The Morgan fingerprint density at radius 2 is 1.64 bits per heavy atom. The zero-order valence-electron chi connectivity index (χ0n) is 15.8. The predicted octanol–water partition coefficient (Wildman–Crippen LogP) is 3.48. The highest BCUT2D eigenvalue weighted by Crippen LogP contribution is 2.39. The first-order chi connectivity index (χ1) is 13.7. The van der Waals surface area contributed by atoms with Crippen LogP contribution in [0.2, 0.25) is 0 Å². The molecule has 28 heavy (non-hydrogen) atoms. The molecule has 2 fully saturated rings. The summed E-state index contributed by atoms with van der Waals surface area (Å²) in [7, 11) is 0. The van der Waals surface area contributed by atoms with E-state index in [2.05, 4.69) is 29.2 Å². The Bertz CT molecular complexity index is 904. The fourth-order valence-corrected chi connectivity index (χ4v) is 4.78. The molecule has 2 atom stereocenters. The maximum atomic E-state index is 12.1. The van der Waals surface area contributed by atoms with Gasteiger partial charge in [-0.15, -0.1) is 0 Å². The number of carbonyl (C=O) groups excluding carboxylic acids is 2. The fraction of sp³-hybridized carbons (Fsp3) is 0.391. The maximum absolute atomic E-state index is 12.1. The Morgan fingerprint density at radius 3 is 2.43 bits per heavy atom. The molecule has 0 N–H and O–H groups in total. The standard InChI is InChI=1S/C23H24N2O3/c26-21-10-11-22(27)25(21)17-7-5-8-18(15-17)28-23-19-9-2-1-6-16(19)14-20(23)24-12-3-4-13-24/h1-2,5-9,15,20,23H,3-4,10-14H2/t20-,23-/m0/s1. The van der Waals surface area contributed by atoms with Gasteiger partial charge in [-0.1, -0.05) is 30.3 Å². The number of benzene rings is 2. The van der Waals surface area contributed by atoms with E-state index in [-0.39, 0.29) is 30.8 Å². The van der Waals surface area contributed by atoms with E-state index in [0.29, 0.717) is 17.5 Å². The van der Waals surface area contributed by atoms with Crippen molar-refractivity contribution in [2.24, 2.45) is 0 Å². The number of amides is 2. The van der Waals surface area contributed by atoms with Crippen LogP contribution < -0.4 is 9.64 Å². The minimum Gasteiger partial charge on any atom is -0.484 e. The molecule has 2 aromatic rings. The largest absolute Gasteiger partial charge is 0.484 e. The second kappa shape index (κ2) is 7.06. The van der Waals surface area contributed by atoms with Gasteiger partial charge in [-0.05, 0) is 55.6 Å². The molecule has 144 valence electrons. The number of nitrogens with zero attached hydrogens (tertiary/aromatic N) is 2. The quantitative estimate of drug-likeness (QED) is 0.767. The van der Waals surface area contributed by atoms with Crippen molar-refractivity contribution in [1.29, 1.82) is 0 Å². The van der Waals surface area contributed by atoms with Gasteiger partial charge in [-0.25, -0.2) is 0 Å². The highest BCUT2D eigenvalue weighted by Gasteiger charge is 2.39. The van der Waals surface area contributed by atoms with Crippen molar-refractivity contribution >= 4 is 17.5 Å². The molecule has 0 saturated carbocycles. The molecule has 0 bridgehead atoms. The molecule has 0 spiro atoms. The van der Waals surface area contributed by atoms with Gasteiger partial charge in [0.2, 0.25) is 11.8 Å². The van der Waals surface area contributed by atoms with Crippen molar-refractivity contribution in [3.05, 3.63) is 59.7 Å². The van der Waals surface area contributed by atoms with Crippen molar-refractivity contribution < 1.29 is 14.3 Å². The summed E-state index contributed by atoms with van der Waals surface area (Å²) in [6.07, 6.45) is 4.04. The number of imide groups is 1. The van der Waals surface area contributed by atoms with Crippen LogP contribution in [0.4, 0.5) is 5.69 Å². The lowest BCUT2D eigenvalue weighted by molar-refractivity contribution is -0.121. The summed E-state index contributed by atoms with van der Waals surface area (Å²) in [5, 5.41) is 0. The highest BCUT2D eigenvalue weighted by molar-refractivity contribution is 6.19. The number of hydrogen-bond donors (Lipinski definition) is 0. The first-order valence-electron chi connectivity index (χ1n) is 10.1. The molecule has 5 heteroatoms. The summed E-state index contributed by atoms with van der Waals surface area (Å²) in [6, 6.07) is 16.2. The number of fused-ring (bicyclic) bond motifs is 1. The third kappa shape index (κ3) is 3.00. The van der Waals surface area contributed by atoms with Crippen LogP contribution in [-0.2, 0) is 16.0 Å². The van der Waals surface area contributed by atoms with Crippen LogP contribution >= 0.6 is 0 Å². The third-order valence-electron chi connectivity index (χ3n) is 6.14. The monoisotopic (exact) mass is 376 g/mol. The van der Waals surface area contributed by atoms with E-state index in [4.69, 9.17) is 4.74 Å². The number of rotatable bonds is 4. The van der Waals surface area contributed by atoms with Crippen molar-refractivity contribution in [3.8, 4) is 5.75 Å². The minimum absolute atomic E-state index is 0.0328. The van der Waals surface area contributed by atoms with E-state index in [1.807, 2.05) is 18.2 Å². The van der Waals surface area contributed by atoms with Crippen LogP contribution in [0.3, 0.4) is 0 Å². The topological polar surface area (TPSA) is 49.9 Å². The molecule has 3 aliphatic rings. The van der Waals surface area contributed by atoms with E-state index < -0.39 is 0 Å². The number of ether oxygens (including phenoxy) is 1. The second-order valence-electron chi connectivity index (χ2n) is 7.87. The molecular formula is C23H24N2O3. The van der Waals surface area contributed by atoms with Crippen LogP contribution in [0.5, 0.6) is 5.75 Å². The summed E-state index contributed by atoms with van der Waals surface area (Å²) in [4.78, 5) is 28.0. The van der Waals surface area contributed by atoms with Gasteiger partial charge in [0.25, 0.3) is 0 Å². The van der Waals surface area contributed by atoms with E-state index in [1.54, 1.807) is 6.07 Å². The Balaban J connectivity index is 1.44. The summed E-state index contributed by atoms with van der Waals surface area (Å²) in [6.45, 7) is 2.24. The van der Waals surface area contributed by atoms with Crippen molar-refractivity contribution in [1.82, 2.24) is 4.90 Å². The molecule has 0 unspecified atom stereocenters. The SMILES string of the molecule is O=C1CCC(=O)N1c1cccc(O[C@H]2c3ccccc3C[C@@H]2N2CCCC2)c1. The molecule has 2 heterocycles. The van der Waals surface area contributed by atoms with Gasteiger partial charge < -0.3 is 4.74 Å². The Hall–Kier alpha value is -2.66. The average molecular weight is 376 g/mol. The second-order valence-corrected chi connectivity index (χ2v) is 7.87. The lowest BCUT2D eigenvalue weighted by Gasteiger charge is -2.30. The molecule has 1 aliphatic carbocycles. The van der Waals surface area contributed by atoms with E-state index in [9.17, 15) is 9.59 Å². The molecule has 2 aromatic carbocycles. The summed E-state index contributed by atoms with van der Waals surface area (Å²) >= 11 is 0. The Kier molecular flexibility index (Phi) is 4.40. The number of anilines is 1. The highest BCUT2D eigenvalue weighted by atomic mass is 16.5. The number of hydrogen-bond acceptors (Lipinski definition) is 4. The Labute approximate surface area is 164 Å². The summed E-state index contributed by atoms with van der Waals surface area (Å²) in [5.74, 6) is 0.433. The normalized spacial score (nSPS) is 24.8. The zero-order chi connectivity index (χ0) is 19.1. The van der Waals surface area contributed by atoms with Crippen LogP contribution in [0, 0.1) is 0 Å². The summed E-state index contributed by atoms with van der Waals surface area (Å²) in [5.41, 5.74) is 3.21. The van der Waals surface area contributed by atoms with Crippen molar-refractivity contribution in [2.45, 2.75) is 44.2 Å². The number of carbonyl (C=O) groups is 2. The molecule has 5 rings (SSSR count). The molecule has 0 aromatic heterocycles. The molecule has 2 saturated heterocycles. The molecule has 2 amide bonds. The average Bonchev–Trinajstić information content (AvgIpc) is 3.42. The fourth-order valence-electron chi connectivity index (χ4n) is 4.78. The van der Waals surface area contributed by atoms with Crippen molar-refractivity contribution in [3.63, 3.8) is 0 Å². The van der Waals surface area contributed by atoms with Gasteiger partial charge in [0.1, 0.15) is 11.9 Å². The van der Waals surface area contributed by atoms with Crippen LogP contribution in [-0.4, -0.2) is 35.8 Å². The van der Waals surface area contributed by atoms with Crippen LogP contribution in [0.25, 0.3) is 0 Å². The van der Waals surface area contributed by atoms with E-state index >= 15 is 0 Å². The molecule has 2 aliphatic heterocycles. The zero-order valence-corrected chi connectivity index (χ0v) is 15.8. The lowest BCUT2D eigenvalue weighted by Crippen LogP contribution is -2.38. The number of likely N-dealkylation sites (tertiary alicyclic amines) is 1. The molecule has 5 nitrogen and oxygen atoms in total. The minimum atomic E-state index is -0.136. The van der Waals surface area contributed by atoms with Gasteiger partial charge in [0.05, 0.1) is 11.7 Å². The summed E-state index contributed by atoms with van der Waals surface area (Å²) < 4.78 is 6.51. The van der Waals surface area contributed by atoms with Crippen LogP contribution in [0.1, 0.15) is 42.9 Å². The smallest absolute Gasteiger partial charge is 0.234 e. The van der Waals surface area contributed by atoms with Crippen LogP contribution in [0.15, 0.2) is 48.5 Å². The Morgan fingerprint density at radius 1 is 0.893 bits per heavy atom. The van der Waals surface area contributed by atoms with Gasteiger partial charge in [0.15, 0.2) is 0 Å². The third-order valence-corrected chi connectivity index (χ3v) is 6.14. The van der Waals surface area contributed by atoms with Gasteiger partial charge in [-0.3, -0.25) is 19.4 Å².